The summed E-state index contributed by atoms with van der Waals surface area (Å²) in [5.74, 6) is -0.169. The minimum atomic E-state index is -0.468. The van der Waals surface area contributed by atoms with Crippen LogP contribution in [0.3, 0.4) is 0 Å². The number of nitrogens with one attached hydrogen (secondary N) is 3. The van der Waals surface area contributed by atoms with Crippen LogP contribution in [0, 0.1) is 13.8 Å². The summed E-state index contributed by atoms with van der Waals surface area (Å²) in [5.41, 5.74) is 4.32. The lowest BCUT2D eigenvalue weighted by Gasteiger charge is -2.18. The molecule has 3 N–H and O–H groups in total. The fourth-order valence-corrected chi connectivity index (χ4v) is 4.09. The second kappa shape index (κ2) is 8.76. The molecule has 0 aromatic heterocycles. The molecule has 0 saturated heterocycles. The highest BCUT2D eigenvalue weighted by Crippen LogP contribution is 2.24. The van der Waals surface area contributed by atoms with Crippen LogP contribution < -0.4 is 26.8 Å². The summed E-state index contributed by atoms with van der Waals surface area (Å²) < 4.78 is 0. The Morgan fingerprint density at radius 1 is 0.935 bits per heavy atom. The maximum Gasteiger partial charge on any atom is 0.255 e. The van der Waals surface area contributed by atoms with Crippen molar-refractivity contribution in [2.75, 3.05) is 16.0 Å². The normalized spacial score (nSPS) is 14.0. The van der Waals surface area contributed by atoms with Crippen molar-refractivity contribution < 1.29 is 4.79 Å². The summed E-state index contributed by atoms with van der Waals surface area (Å²) in [4.78, 5) is 36.4. The first kappa shape index (κ1) is 20.8. The van der Waals surface area contributed by atoms with Crippen molar-refractivity contribution in [3.63, 3.8) is 0 Å². The Morgan fingerprint density at radius 2 is 1.61 bits per heavy atom. The Kier molecular flexibility index (Phi) is 5.89. The van der Waals surface area contributed by atoms with Crippen LogP contribution in [-0.2, 0) is 6.54 Å². The van der Waals surface area contributed by atoms with Crippen molar-refractivity contribution in [3.05, 3.63) is 85.2 Å². The number of rotatable bonds is 7. The minimum Gasteiger partial charge on any atom is -0.377 e. The summed E-state index contributed by atoms with van der Waals surface area (Å²) >= 11 is 0. The summed E-state index contributed by atoms with van der Waals surface area (Å²) in [6.07, 6.45) is 4.37. The van der Waals surface area contributed by atoms with Gasteiger partial charge in [0.2, 0.25) is 0 Å². The van der Waals surface area contributed by atoms with Crippen LogP contribution in [0.4, 0.5) is 17.1 Å². The smallest absolute Gasteiger partial charge is 0.255 e. The van der Waals surface area contributed by atoms with E-state index in [9.17, 15) is 14.4 Å². The molecule has 1 fully saturated rings. The van der Waals surface area contributed by atoms with Gasteiger partial charge < -0.3 is 16.0 Å². The van der Waals surface area contributed by atoms with Gasteiger partial charge in [0.25, 0.3) is 16.8 Å². The Hall–Kier alpha value is -3.41. The Bertz CT molecular complexity index is 1170. The van der Waals surface area contributed by atoms with E-state index in [1.54, 1.807) is 12.1 Å². The summed E-state index contributed by atoms with van der Waals surface area (Å²) in [5, 5.41) is 9.26. The fraction of sp³-hybridized carbons (Fsp3) is 0.320. The third-order valence-corrected chi connectivity index (χ3v) is 5.93. The van der Waals surface area contributed by atoms with Crippen molar-refractivity contribution in [3.8, 4) is 0 Å². The van der Waals surface area contributed by atoms with Gasteiger partial charge in [0, 0.05) is 23.8 Å². The lowest BCUT2D eigenvalue weighted by Crippen LogP contribution is -2.39. The number of hydrogen-bond acceptors (Lipinski definition) is 5. The van der Waals surface area contributed by atoms with Crippen LogP contribution in [0.5, 0.6) is 0 Å². The molecule has 0 aliphatic heterocycles. The zero-order valence-electron chi connectivity index (χ0n) is 17.9. The van der Waals surface area contributed by atoms with Gasteiger partial charge in [0.05, 0.1) is 0 Å². The molecular weight excluding hydrogens is 390 g/mol. The predicted octanol–water partition coefficient (Wildman–Crippen LogP) is 4.12. The van der Waals surface area contributed by atoms with E-state index in [0.717, 1.165) is 48.1 Å². The third-order valence-electron chi connectivity index (χ3n) is 5.93. The molecule has 0 atom stereocenters. The highest BCUT2D eigenvalue weighted by Gasteiger charge is 2.24. The lowest BCUT2D eigenvalue weighted by atomic mass is 10.1. The van der Waals surface area contributed by atoms with Crippen molar-refractivity contribution in [2.24, 2.45) is 0 Å². The van der Waals surface area contributed by atoms with Gasteiger partial charge in [-0.15, -0.1) is 0 Å². The van der Waals surface area contributed by atoms with Gasteiger partial charge in [-0.25, -0.2) is 0 Å². The van der Waals surface area contributed by atoms with Crippen LogP contribution in [0.1, 0.15) is 52.7 Å². The van der Waals surface area contributed by atoms with E-state index < -0.39 is 10.9 Å². The summed E-state index contributed by atoms with van der Waals surface area (Å²) in [7, 11) is 0. The number of carbonyl (C=O) groups is 1. The molecule has 3 aromatic carbocycles. The highest BCUT2D eigenvalue weighted by atomic mass is 16.2. The van der Waals surface area contributed by atoms with Crippen LogP contribution >= 0.6 is 0 Å². The number of aryl methyl sites for hydroxylation is 2. The first-order valence-electron chi connectivity index (χ1n) is 10.7. The van der Waals surface area contributed by atoms with Gasteiger partial charge in [-0.05, 0) is 56.0 Å². The van der Waals surface area contributed by atoms with E-state index in [-0.39, 0.29) is 11.9 Å². The second-order valence-corrected chi connectivity index (χ2v) is 8.36. The first-order valence-corrected chi connectivity index (χ1v) is 10.7. The molecule has 6 heteroatoms. The van der Waals surface area contributed by atoms with E-state index in [0.29, 0.717) is 23.5 Å². The van der Waals surface area contributed by atoms with Gasteiger partial charge >= 0.3 is 0 Å². The maximum absolute atomic E-state index is 12.5. The van der Waals surface area contributed by atoms with E-state index >= 15 is 0 Å². The second-order valence-electron chi connectivity index (χ2n) is 8.36. The monoisotopic (exact) mass is 417 g/mol. The molecule has 4 rings (SSSR count). The maximum atomic E-state index is 12.5. The first-order chi connectivity index (χ1) is 14.9. The quantitative estimate of drug-likeness (QED) is 0.504. The third kappa shape index (κ3) is 4.53. The number of amides is 1. The Morgan fingerprint density at radius 3 is 2.29 bits per heavy atom. The molecule has 3 aromatic rings. The van der Waals surface area contributed by atoms with Crippen LogP contribution in [0.2, 0.25) is 0 Å². The molecule has 1 saturated carbocycles. The SMILES string of the molecule is Cc1ccc(NC(=O)c2ccc(CNc3c(NC4CCCC4)c(=O)c3=O)cc2)c(C)c1. The Balaban J connectivity index is 1.37. The molecule has 1 aliphatic rings. The minimum absolute atomic E-state index is 0.169. The average molecular weight is 418 g/mol. The lowest BCUT2D eigenvalue weighted by molar-refractivity contribution is 0.102. The van der Waals surface area contributed by atoms with Gasteiger partial charge in [0.1, 0.15) is 11.4 Å². The molecule has 6 nitrogen and oxygen atoms in total. The van der Waals surface area contributed by atoms with Crippen molar-refractivity contribution >= 4 is 23.0 Å². The molecule has 0 radical (unpaired) electrons. The van der Waals surface area contributed by atoms with Crippen LogP contribution in [0.25, 0.3) is 0 Å². The van der Waals surface area contributed by atoms with Crippen LogP contribution in [-0.4, -0.2) is 11.9 Å². The highest BCUT2D eigenvalue weighted by molar-refractivity contribution is 6.04. The molecule has 0 unspecified atom stereocenters. The molecular formula is C25H27N3O3. The zero-order valence-corrected chi connectivity index (χ0v) is 17.9. The van der Waals surface area contributed by atoms with Crippen molar-refractivity contribution in [2.45, 2.75) is 52.1 Å². The molecule has 31 heavy (non-hydrogen) atoms. The van der Waals surface area contributed by atoms with E-state index in [1.165, 1.54) is 0 Å². The van der Waals surface area contributed by atoms with E-state index in [1.807, 2.05) is 44.2 Å². The summed E-state index contributed by atoms with van der Waals surface area (Å²) in [6, 6.07) is 13.4. The van der Waals surface area contributed by atoms with Gasteiger partial charge in [-0.1, -0.05) is 42.7 Å². The van der Waals surface area contributed by atoms with E-state index in [2.05, 4.69) is 16.0 Å². The molecule has 0 bridgehead atoms. The molecule has 1 aliphatic carbocycles. The standard InChI is InChI=1S/C25H27N3O3/c1-15-7-12-20(16(2)13-15)28-25(31)18-10-8-17(9-11-18)14-26-21-22(24(30)23(21)29)27-19-5-3-4-6-19/h7-13,19,26-27H,3-6,14H2,1-2H3,(H,28,31). The molecule has 1 amide bonds. The number of anilines is 3. The number of benzene rings is 2. The average Bonchev–Trinajstić information content (AvgIpc) is 3.28. The predicted molar refractivity (Wildman–Crippen MR) is 125 cm³/mol. The molecule has 0 heterocycles. The Labute approximate surface area is 181 Å². The topological polar surface area (TPSA) is 87.3 Å². The zero-order chi connectivity index (χ0) is 22.0. The summed E-state index contributed by atoms with van der Waals surface area (Å²) in [6.45, 7) is 4.39. The van der Waals surface area contributed by atoms with Gasteiger partial charge in [-0.2, -0.15) is 0 Å². The fourth-order valence-electron chi connectivity index (χ4n) is 4.09. The van der Waals surface area contributed by atoms with E-state index in [4.69, 9.17) is 0 Å². The largest absolute Gasteiger partial charge is 0.377 e. The van der Waals surface area contributed by atoms with Crippen molar-refractivity contribution in [1.29, 1.82) is 0 Å². The molecule has 0 spiro atoms. The van der Waals surface area contributed by atoms with Gasteiger partial charge in [0.15, 0.2) is 0 Å². The number of hydrogen-bond donors (Lipinski definition) is 3. The van der Waals surface area contributed by atoms with Gasteiger partial charge in [-0.3, -0.25) is 14.4 Å². The number of carbonyl (C=O) groups excluding carboxylic acids is 1. The van der Waals surface area contributed by atoms with Crippen molar-refractivity contribution in [1.82, 2.24) is 0 Å². The molecule has 160 valence electrons. The van der Waals surface area contributed by atoms with Crippen LogP contribution in [0.15, 0.2) is 52.1 Å².